The lowest BCUT2D eigenvalue weighted by molar-refractivity contribution is -0.0499. The molecule has 2 aromatic carbocycles. The molecule has 0 spiro atoms. The molecule has 2 atom stereocenters. The first kappa shape index (κ1) is 26.3. The minimum atomic E-state index is -3.87. The van der Waals surface area contributed by atoms with Crippen molar-refractivity contribution in [3.63, 3.8) is 0 Å². The number of aliphatic hydroxyl groups is 2. The van der Waals surface area contributed by atoms with E-state index < -0.39 is 39.2 Å². The van der Waals surface area contributed by atoms with Crippen molar-refractivity contribution in [3.05, 3.63) is 52.8 Å². The molecule has 2 aromatic rings. The van der Waals surface area contributed by atoms with Crippen LogP contribution >= 0.6 is 0 Å². The van der Waals surface area contributed by atoms with Gasteiger partial charge in [0, 0.05) is 5.69 Å². The van der Waals surface area contributed by atoms with E-state index in [9.17, 15) is 27.6 Å². The molecular weight excluding hydrogens is 471 g/mol. The van der Waals surface area contributed by atoms with E-state index in [1.807, 2.05) is 13.8 Å². The Balaban J connectivity index is 1.97. The minimum absolute atomic E-state index is 0.00849. The van der Waals surface area contributed by atoms with E-state index in [2.05, 4.69) is 14.4 Å². The number of nitrogens with two attached hydrogens (primary N) is 1. The molecule has 11 heteroatoms. The number of halogens is 3. The van der Waals surface area contributed by atoms with Crippen molar-refractivity contribution in [3.8, 4) is 5.75 Å². The third-order valence-corrected chi connectivity index (χ3v) is 6.99. The zero-order valence-electron chi connectivity index (χ0n) is 19.4. The van der Waals surface area contributed by atoms with Gasteiger partial charge in [0.25, 0.3) is 0 Å². The number of rotatable bonds is 9. The van der Waals surface area contributed by atoms with E-state index in [4.69, 9.17) is 5.14 Å². The van der Waals surface area contributed by atoms with Gasteiger partial charge in [0.15, 0.2) is 0 Å². The second-order valence-electron chi connectivity index (χ2n) is 9.18. The van der Waals surface area contributed by atoms with Gasteiger partial charge in [-0.25, -0.2) is 13.7 Å². The van der Waals surface area contributed by atoms with Gasteiger partial charge < -0.3 is 20.3 Å². The maximum atomic E-state index is 14.6. The number of alkyl halides is 2. The lowest BCUT2D eigenvalue weighted by Gasteiger charge is -2.22. The molecule has 3 rings (SSSR count). The first-order valence-corrected chi connectivity index (χ1v) is 12.4. The van der Waals surface area contributed by atoms with Gasteiger partial charge in [-0.1, -0.05) is 19.9 Å². The highest BCUT2D eigenvalue weighted by Gasteiger charge is 2.30. The van der Waals surface area contributed by atoms with Crippen LogP contribution in [0.25, 0.3) is 0 Å². The lowest BCUT2D eigenvalue weighted by atomic mass is 9.95. The van der Waals surface area contributed by atoms with Crippen LogP contribution in [0.1, 0.15) is 69.1 Å². The normalized spacial score (nSPS) is 16.9. The molecule has 1 saturated carbocycles. The molecule has 0 aliphatic heterocycles. The third kappa shape index (κ3) is 6.21. The molecule has 188 valence electrons. The largest absolute Gasteiger partial charge is 0.435 e. The lowest BCUT2D eigenvalue weighted by Crippen LogP contribution is -2.25. The fourth-order valence-corrected chi connectivity index (χ4v) is 4.71. The fourth-order valence-electron chi connectivity index (χ4n) is 3.65. The molecule has 0 amide bonds. The average molecular weight is 502 g/mol. The van der Waals surface area contributed by atoms with Gasteiger partial charge in [-0.15, -0.1) is 0 Å². The number of anilines is 1. The van der Waals surface area contributed by atoms with E-state index in [1.54, 1.807) is 0 Å². The topological polar surface area (TPSA) is 117 Å². The van der Waals surface area contributed by atoms with Crippen molar-refractivity contribution in [2.45, 2.75) is 75.8 Å². The molecule has 1 aliphatic carbocycles. The van der Waals surface area contributed by atoms with Crippen LogP contribution in [0.3, 0.4) is 0 Å². The van der Waals surface area contributed by atoms with Gasteiger partial charge in [0.2, 0.25) is 6.35 Å². The van der Waals surface area contributed by atoms with Crippen LogP contribution in [0.4, 0.5) is 18.9 Å². The number of benzene rings is 2. The standard InChI is InChI=1S/C23H30F3N3O4S/c1-12(2)16-10-15(33-21(25)26)11-17(13-5-6-13)20(16)28-22(30)29-34(27,32)19-8-7-14(9-18(19)24)23(3,4)31/h7-13,21-22,28,30-31H,5-6H2,1-4H3,(H2,27,29,32). The van der Waals surface area contributed by atoms with E-state index in [-0.39, 0.29) is 23.1 Å². The van der Waals surface area contributed by atoms with Gasteiger partial charge >= 0.3 is 6.61 Å². The number of hydrogen-bond donors (Lipinski definition) is 4. The van der Waals surface area contributed by atoms with Crippen LogP contribution in [-0.4, -0.2) is 27.4 Å². The molecule has 1 fully saturated rings. The number of ether oxygens (including phenoxy) is 1. The summed E-state index contributed by atoms with van der Waals surface area (Å²) < 4.78 is 61.6. The van der Waals surface area contributed by atoms with Crippen molar-refractivity contribution in [1.82, 2.24) is 0 Å². The summed E-state index contributed by atoms with van der Waals surface area (Å²) in [5, 5.41) is 29.2. The maximum Gasteiger partial charge on any atom is 0.387 e. The fraction of sp³-hybridized carbons (Fsp3) is 0.478. The Morgan fingerprint density at radius 3 is 2.38 bits per heavy atom. The van der Waals surface area contributed by atoms with Crippen molar-refractivity contribution < 1.29 is 32.3 Å². The number of aliphatic hydroxyl groups excluding tert-OH is 1. The summed E-state index contributed by atoms with van der Waals surface area (Å²) in [6.07, 6.45) is -0.101. The Kier molecular flexibility index (Phi) is 7.51. The van der Waals surface area contributed by atoms with Crippen molar-refractivity contribution in [2.24, 2.45) is 9.50 Å². The van der Waals surface area contributed by atoms with Crippen LogP contribution in [0, 0.1) is 5.82 Å². The molecule has 1 aliphatic rings. The van der Waals surface area contributed by atoms with E-state index in [0.717, 1.165) is 25.0 Å². The van der Waals surface area contributed by atoms with E-state index in [0.29, 0.717) is 16.8 Å². The molecule has 2 unspecified atom stereocenters. The van der Waals surface area contributed by atoms with Gasteiger partial charge in [-0.3, -0.25) is 0 Å². The second kappa shape index (κ2) is 9.73. The quantitative estimate of drug-likeness (QED) is 0.370. The van der Waals surface area contributed by atoms with Gasteiger partial charge in [-0.2, -0.15) is 13.1 Å². The molecule has 0 saturated heterocycles. The van der Waals surface area contributed by atoms with Crippen molar-refractivity contribution >= 4 is 15.6 Å². The molecule has 34 heavy (non-hydrogen) atoms. The number of nitrogens with zero attached hydrogens (tertiary/aromatic N) is 1. The zero-order chi connectivity index (χ0) is 25.4. The van der Waals surface area contributed by atoms with E-state index >= 15 is 0 Å². The highest BCUT2D eigenvalue weighted by Crippen LogP contribution is 2.47. The van der Waals surface area contributed by atoms with Crippen LogP contribution < -0.4 is 15.2 Å². The van der Waals surface area contributed by atoms with Crippen LogP contribution in [0.15, 0.2) is 39.6 Å². The Labute approximate surface area is 197 Å². The van der Waals surface area contributed by atoms with Crippen molar-refractivity contribution in [1.29, 1.82) is 0 Å². The first-order valence-electron chi connectivity index (χ1n) is 10.8. The Bertz CT molecular complexity index is 1150. The molecule has 7 nitrogen and oxygen atoms in total. The summed E-state index contributed by atoms with van der Waals surface area (Å²) in [7, 11) is -3.87. The number of hydrogen-bond acceptors (Lipinski definition) is 6. The number of nitrogens with one attached hydrogen (secondary N) is 1. The molecular formula is C23H30F3N3O4S. The summed E-state index contributed by atoms with van der Waals surface area (Å²) in [6.45, 7) is 3.66. The smallest absolute Gasteiger partial charge is 0.387 e. The molecule has 0 bridgehead atoms. The SMILES string of the molecule is CC(C)c1cc(OC(F)F)cc(C2CC2)c1NC(O)N=S(N)(=O)c1ccc(C(C)(C)O)cc1F. The summed E-state index contributed by atoms with van der Waals surface area (Å²) in [4.78, 5) is -0.423. The highest BCUT2D eigenvalue weighted by molar-refractivity contribution is 7.91. The molecule has 0 aromatic heterocycles. The zero-order valence-corrected chi connectivity index (χ0v) is 20.2. The van der Waals surface area contributed by atoms with E-state index in [1.165, 1.54) is 32.0 Å². The molecule has 5 N–H and O–H groups in total. The van der Waals surface area contributed by atoms with Gasteiger partial charge in [0.1, 0.15) is 21.5 Å². The predicted molar refractivity (Wildman–Crippen MR) is 123 cm³/mol. The summed E-state index contributed by atoms with van der Waals surface area (Å²) >= 11 is 0. The highest BCUT2D eigenvalue weighted by atomic mass is 32.2. The Morgan fingerprint density at radius 2 is 1.88 bits per heavy atom. The van der Waals surface area contributed by atoms with Crippen LogP contribution in [-0.2, 0) is 15.5 Å². The minimum Gasteiger partial charge on any atom is -0.435 e. The summed E-state index contributed by atoms with van der Waals surface area (Å²) in [5.41, 5.74) is 0.659. The Hall–Kier alpha value is -2.34. The summed E-state index contributed by atoms with van der Waals surface area (Å²) in [6, 6.07) is 6.49. The van der Waals surface area contributed by atoms with Crippen molar-refractivity contribution in [2.75, 3.05) is 5.32 Å². The van der Waals surface area contributed by atoms with Gasteiger partial charge in [0.05, 0.1) is 10.5 Å². The maximum absolute atomic E-state index is 14.6. The van der Waals surface area contributed by atoms with Crippen LogP contribution in [0.5, 0.6) is 5.75 Å². The molecule has 0 radical (unpaired) electrons. The third-order valence-electron chi connectivity index (χ3n) is 5.52. The average Bonchev–Trinajstić information content (AvgIpc) is 3.51. The van der Waals surface area contributed by atoms with Crippen LogP contribution in [0.2, 0.25) is 0 Å². The monoisotopic (exact) mass is 501 g/mol. The predicted octanol–water partition coefficient (Wildman–Crippen LogP) is 4.74. The molecule has 0 heterocycles. The van der Waals surface area contributed by atoms with Gasteiger partial charge in [-0.05, 0) is 79.5 Å². The Morgan fingerprint density at radius 1 is 1.24 bits per heavy atom. The second-order valence-corrected chi connectivity index (χ2v) is 11.0. The summed E-state index contributed by atoms with van der Waals surface area (Å²) in [5.74, 6) is -0.975. The first-order chi connectivity index (χ1) is 15.7.